The van der Waals surface area contributed by atoms with Crippen LogP contribution in [0, 0.1) is 5.92 Å². The van der Waals surface area contributed by atoms with Crippen molar-refractivity contribution >= 4 is 17.3 Å². The van der Waals surface area contributed by atoms with Crippen molar-refractivity contribution in [2.24, 2.45) is 10.9 Å². The Hall–Kier alpha value is -1.11. The maximum Gasteiger partial charge on any atom is 0.191 e. The zero-order valence-corrected chi connectivity index (χ0v) is 16.4. The number of nitrogens with zero attached hydrogens (tertiary/aromatic N) is 1. The third-order valence-electron chi connectivity index (χ3n) is 4.12. The second-order valence-corrected chi connectivity index (χ2v) is 7.63. The van der Waals surface area contributed by atoms with Crippen LogP contribution in [0.4, 0.5) is 0 Å². The number of hydrogen-bond donors (Lipinski definition) is 2. The Labute approximate surface area is 156 Å². The molecule has 0 aliphatic carbocycles. The van der Waals surface area contributed by atoms with E-state index in [2.05, 4.69) is 42.0 Å². The van der Waals surface area contributed by atoms with Crippen LogP contribution in [-0.4, -0.2) is 51.5 Å². The lowest BCUT2D eigenvalue weighted by atomic mass is 10.1. The molecule has 0 aromatic carbocycles. The topological polar surface area (TPSA) is 54.9 Å². The van der Waals surface area contributed by atoms with Gasteiger partial charge in [-0.25, -0.2) is 0 Å². The van der Waals surface area contributed by atoms with Gasteiger partial charge >= 0.3 is 0 Å². The molecule has 25 heavy (non-hydrogen) atoms. The molecule has 0 amide bonds. The Morgan fingerprint density at radius 2 is 2.40 bits per heavy atom. The average molecular weight is 368 g/mol. The van der Waals surface area contributed by atoms with E-state index in [1.165, 1.54) is 11.3 Å². The predicted octanol–water partition coefficient (Wildman–Crippen LogP) is 3.07. The summed E-state index contributed by atoms with van der Waals surface area (Å²) in [6.45, 7) is 9.32. The van der Waals surface area contributed by atoms with Crippen molar-refractivity contribution in [3.63, 3.8) is 0 Å². The summed E-state index contributed by atoms with van der Waals surface area (Å²) in [5, 5.41) is 8.84. The predicted molar refractivity (Wildman–Crippen MR) is 106 cm³/mol. The number of hydrogen-bond acceptors (Lipinski definition) is 4. The van der Waals surface area contributed by atoms with Crippen molar-refractivity contribution in [3.8, 4) is 0 Å². The minimum atomic E-state index is 0.316. The molecule has 1 aliphatic rings. The van der Waals surface area contributed by atoms with Gasteiger partial charge in [-0.3, -0.25) is 4.99 Å². The van der Waals surface area contributed by atoms with Crippen LogP contribution in [0.25, 0.3) is 0 Å². The maximum atomic E-state index is 5.69. The van der Waals surface area contributed by atoms with Crippen molar-refractivity contribution in [3.05, 3.63) is 22.4 Å². The van der Waals surface area contributed by atoms with Gasteiger partial charge in [0, 0.05) is 37.7 Å². The van der Waals surface area contributed by atoms with Gasteiger partial charge in [0.15, 0.2) is 5.96 Å². The second-order valence-electron chi connectivity index (χ2n) is 6.60. The van der Waals surface area contributed by atoms with Crippen LogP contribution in [0.3, 0.4) is 0 Å². The van der Waals surface area contributed by atoms with Crippen LogP contribution in [0.2, 0.25) is 0 Å². The third-order valence-corrected chi connectivity index (χ3v) is 5.02. The molecule has 2 unspecified atom stereocenters. The highest BCUT2D eigenvalue weighted by atomic mass is 32.1. The average Bonchev–Trinajstić information content (AvgIpc) is 3.29. The largest absolute Gasteiger partial charge is 0.379 e. The molecular formula is C19H33N3O2S. The Morgan fingerprint density at radius 1 is 1.48 bits per heavy atom. The van der Waals surface area contributed by atoms with Crippen molar-refractivity contribution < 1.29 is 9.47 Å². The SMILES string of the molecule is CCNC(=NCC(C)Cc1cccs1)NCCCOCC1CCCO1. The van der Waals surface area contributed by atoms with Crippen LogP contribution in [-0.2, 0) is 15.9 Å². The summed E-state index contributed by atoms with van der Waals surface area (Å²) in [5.74, 6) is 1.45. The Kier molecular flexibility index (Phi) is 9.92. The summed E-state index contributed by atoms with van der Waals surface area (Å²) in [5.41, 5.74) is 0. The summed E-state index contributed by atoms with van der Waals surface area (Å²) in [6.07, 6.45) is 4.69. The molecule has 2 N–H and O–H groups in total. The summed E-state index contributed by atoms with van der Waals surface area (Å²) in [4.78, 5) is 6.15. The number of guanidine groups is 1. The molecule has 142 valence electrons. The second kappa shape index (κ2) is 12.3. The number of nitrogens with one attached hydrogen (secondary N) is 2. The van der Waals surface area contributed by atoms with Crippen molar-refractivity contribution in [1.29, 1.82) is 0 Å². The fourth-order valence-corrected chi connectivity index (χ4v) is 3.67. The minimum Gasteiger partial charge on any atom is -0.379 e. The Morgan fingerprint density at radius 3 is 3.12 bits per heavy atom. The number of aliphatic imine (C=N–C) groups is 1. The van der Waals surface area contributed by atoms with E-state index < -0.39 is 0 Å². The standard InChI is InChI=1S/C19H33N3O2S/c1-3-20-19(22-14-16(2)13-18-8-5-12-25-18)21-9-6-10-23-15-17-7-4-11-24-17/h5,8,12,16-17H,3-4,6-7,9-11,13-15H2,1-2H3,(H2,20,21,22). The Balaban J connectivity index is 1.58. The van der Waals surface area contributed by atoms with Gasteiger partial charge in [-0.05, 0) is 50.0 Å². The first-order valence-corrected chi connectivity index (χ1v) is 10.4. The molecule has 0 saturated carbocycles. The first-order chi connectivity index (χ1) is 12.3. The molecule has 1 aromatic heterocycles. The molecule has 1 aromatic rings. The lowest BCUT2D eigenvalue weighted by Gasteiger charge is -2.14. The van der Waals surface area contributed by atoms with Gasteiger partial charge in [-0.15, -0.1) is 11.3 Å². The van der Waals surface area contributed by atoms with Crippen LogP contribution in [0.1, 0.15) is 38.0 Å². The minimum absolute atomic E-state index is 0.316. The molecule has 2 atom stereocenters. The number of rotatable bonds is 11. The molecule has 0 spiro atoms. The van der Waals surface area contributed by atoms with Gasteiger partial charge in [0.05, 0.1) is 12.7 Å². The van der Waals surface area contributed by atoms with E-state index in [0.29, 0.717) is 12.0 Å². The zero-order valence-electron chi connectivity index (χ0n) is 15.6. The van der Waals surface area contributed by atoms with Gasteiger partial charge in [-0.2, -0.15) is 0 Å². The summed E-state index contributed by atoms with van der Waals surface area (Å²) in [7, 11) is 0. The fourth-order valence-electron chi connectivity index (χ4n) is 2.80. The molecule has 5 nitrogen and oxygen atoms in total. The fraction of sp³-hybridized carbons (Fsp3) is 0.737. The van der Waals surface area contributed by atoms with Crippen molar-refractivity contribution in [1.82, 2.24) is 10.6 Å². The highest BCUT2D eigenvalue weighted by Gasteiger charge is 2.14. The maximum absolute atomic E-state index is 5.69. The zero-order chi connectivity index (χ0) is 17.7. The van der Waals surface area contributed by atoms with Crippen molar-refractivity contribution in [2.75, 3.05) is 39.5 Å². The van der Waals surface area contributed by atoms with E-state index in [1.54, 1.807) is 0 Å². The van der Waals surface area contributed by atoms with Gasteiger partial charge in [0.25, 0.3) is 0 Å². The smallest absolute Gasteiger partial charge is 0.191 e. The Bertz CT molecular complexity index is 473. The van der Waals surface area contributed by atoms with E-state index >= 15 is 0 Å². The van der Waals surface area contributed by atoms with E-state index in [9.17, 15) is 0 Å². The first-order valence-electron chi connectivity index (χ1n) is 9.51. The highest BCUT2D eigenvalue weighted by molar-refractivity contribution is 7.09. The summed E-state index contributed by atoms with van der Waals surface area (Å²) in [6, 6.07) is 4.31. The summed E-state index contributed by atoms with van der Waals surface area (Å²) >= 11 is 1.82. The molecule has 1 fully saturated rings. The quantitative estimate of drug-likeness (QED) is 0.359. The van der Waals surface area contributed by atoms with Crippen LogP contribution < -0.4 is 10.6 Å². The molecule has 6 heteroatoms. The monoisotopic (exact) mass is 367 g/mol. The van der Waals surface area contributed by atoms with Crippen LogP contribution in [0.5, 0.6) is 0 Å². The van der Waals surface area contributed by atoms with Gasteiger partial charge < -0.3 is 20.1 Å². The lowest BCUT2D eigenvalue weighted by Crippen LogP contribution is -2.38. The van der Waals surface area contributed by atoms with Crippen LogP contribution in [0.15, 0.2) is 22.5 Å². The molecule has 2 heterocycles. The molecule has 1 aliphatic heterocycles. The molecule has 0 radical (unpaired) electrons. The first kappa shape index (κ1) is 20.2. The number of thiophene rings is 1. The number of ether oxygens (including phenoxy) is 2. The molecule has 2 rings (SSSR count). The van der Waals surface area contributed by atoms with Gasteiger partial charge in [-0.1, -0.05) is 13.0 Å². The normalized spacial score (nSPS) is 19.1. The van der Waals surface area contributed by atoms with E-state index in [4.69, 9.17) is 14.5 Å². The molecule has 0 bridgehead atoms. The van der Waals surface area contributed by atoms with Gasteiger partial charge in [0.1, 0.15) is 0 Å². The van der Waals surface area contributed by atoms with Gasteiger partial charge in [0.2, 0.25) is 0 Å². The van der Waals surface area contributed by atoms with Crippen LogP contribution >= 0.6 is 11.3 Å². The highest BCUT2D eigenvalue weighted by Crippen LogP contribution is 2.14. The molecular weight excluding hydrogens is 334 g/mol. The van der Waals surface area contributed by atoms with E-state index in [1.807, 2.05) is 11.3 Å². The lowest BCUT2D eigenvalue weighted by molar-refractivity contribution is 0.0168. The van der Waals surface area contributed by atoms with E-state index in [-0.39, 0.29) is 0 Å². The summed E-state index contributed by atoms with van der Waals surface area (Å²) < 4.78 is 11.2. The van der Waals surface area contributed by atoms with E-state index in [0.717, 1.165) is 64.7 Å². The molecule has 1 saturated heterocycles. The third kappa shape index (κ3) is 8.70. The van der Waals surface area contributed by atoms with Crippen molar-refractivity contribution in [2.45, 2.75) is 45.6 Å².